The Morgan fingerprint density at radius 1 is 0.667 bits per heavy atom. The van der Waals surface area contributed by atoms with Crippen LogP contribution in [0.5, 0.6) is 0 Å². The van der Waals surface area contributed by atoms with Crippen LogP contribution in [0.4, 0.5) is 0 Å². The number of aromatic carboxylic acids is 2. The zero-order valence-electron chi connectivity index (χ0n) is 20.7. The minimum Gasteiger partial charge on any atom is -0.545 e. The van der Waals surface area contributed by atoms with E-state index in [4.69, 9.17) is 10.2 Å². The monoisotopic (exact) mass is 528 g/mol. The van der Waals surface area contributed by atoms with Crippen molar-refractivity contribution in [2.75, 3.05) is 0 Å². The molecule has 0 aromatic heterocycles. The Balaban J connectivity index is -0.000000187. The molecule has 0 saturated heterocycles. The Bertz CT molecular complexity index is 904. The van der Waals surface area contributed by atoms with E-state index in [1.807, 2.05) is 6.92 Å². The topological polar surface area (TPSA) is 155 Å². The minimum absolute atomic E-state index is 0. The normalized spacial score (nSPS) is 9.39. The zero-order valence-corrected chi connectivity index (χ0v) is 25.9. The van der Waals surface area contributed by atoms with Crippen molar-refractivity contribution in [3.8, 4) is 0 Å². The van der Waals surface area contributed by atoms with Crippen molar-refractivity contribution >= 4 is 23.9 Å². The minimum atomic E-state index is -1.16. The first-order chi connectivity index (χ1) is 16.1. The number of aliphatic carboxylic acids is 2. The maximum Gasteiger partial charge on any atom is 1.00 e. The molecule has 0 aliphatic carbocycles. The van der Waals surface area contributed by atoms with E-state index in [1.165, 1.54) is 24.3 Å². The third-order valence-electron chi connectivity index (χ3n) is 3.11. The first kappa shape index (κ1) is 41.1. The van der Waals surface area contributed by atoms with Crippen molar-refractivity contribution in [3.05, 3.63) is 120 Å². The summed E-state index contributed by atoms with van der Waals surface area (Å²) in [7, 11) is 0. The predicted molar refractivity (Wildman–Crippen MR) is 125 cm³/mol. The molecular formula is C26H26KNaO8. The molecule has 0 saturated carbocycles. The summed E-state index contributed by atoms with van der Waals surface area (Å²) in [6, 6.07) is 16.4. The molecule has 0 heterocycles. The molecule has 2 rings (SSSR count). The third kappa shape index (κ3) is 29.9. The van der Waals surface area contributed by atoms with Crippen LogP contribution in [0.25, 0.3) is 0 Å². The van der Waals surface area contributed by atoms with Crippen molar-refractivity contribution in [2.24, 2.45) is 0 Å². The fourth-order valence-electron chi connectivity index (χ4n) is 1.65. The number of carbonyl (C=O) groups excluding carboxylic acids is 2. The van der Waals surface area contributed by atoms with Gasteiger partial charge in [-0.05, 0) is 37.6 Å². The molecule has 8 nitrogen and oxygen atoms in total. The molecule has 2 aromatic carbocycles. The first-order valence-corrected chi connectivity index (χ1v) is 9.73. The molecule has 2 N–H and O–H groups in total. The van der Waals surface area contributed by atoms with Crippen LogP contribution in [0.3, 0.4) is 0 Å². The van der Waals surface area contributed by atoms with E-state index in [0.717, 1.165) is 12.2 Å². The molecule has 0 amide bonds. The van der Waals surface area contributed by atoms with Gasteiger partial charge in [-0.3, -0.25) is 0 Å². The second kappa shape index (κ2) is 29.1. The molecule has 0 fully saturated rings. The summed E-state index contributed by atoms with van der Waals surface area (Å²) in [4.78, 5) is 39.7. The van der Waals surface area contributed by atoms with Crippen molar-refractivity contribution in [1.82, 2.24) is 0 Å². The number of hydrogen-bond acceptors (Lipinski definition) is 6. The predicted octanol–water partition coefficient (Wildman–Crippen LogP) is -3.49. The van der Waals surface area contributed by atoms with Crippen LogP contribution in [0, 0.1) is 0 Å². The Morgan fingerprint density at radius 2 is 1.06 bits per heavy atom. The van der Waals surface area contributed by atoms with Gasteiger partial charge in [0.25, 0.3) is 0 Å². The molecule has 0 atom stereocenters. The number of hydrogen-bond donors (Lipinski definition) is 2. The van der Waals surface area contributed by atoms with Gasteiger partial charge in [0.05, 0.1) is 17.5 Å². The van der Waals surface area contributed by atoms with Gasteiger partial charge in [-0.15, -0.1) is 0 Å². The molecule has 0 aliphatic rings. The Morgan fingerprint density at radius 3 is 1.31 bits per heavy atom. The molecule has 2 aromatic rings. The molecule has 10 heteroatoms. The molecule has 0 bridgehead atoms. The standard InChI is InChI=1S/2C7H6O2.2C6H8O2.K.Na/c2*8-7(9)6-4-2-1-3-5-6;2*1-2-3-4-5-6(7)8;;/h2*1-5H,(H,8,9);2*2-5H,1H3,(H,7,8);;/q;;;;2*+1/p-2/b;;2*3-2+,5-4+;;. The van der Waals surface area contributed by atoms with Crippen LogP contribution in [0.2, 0.25) is 0 Å². The molecular weight excluding hydrogens is 502 g/mol. The Labute approximate surface area is 275 Å². The summed E-state index contributed by atoms with van der Waals surface area (Å²) in [5.74, 6) is -4.09. The first-order valence-electron chi connectivity index (χ1n) is 9.73. The third-order valence-corrected chi connectivity index (χ3v) is 3.11. The van der Waals surface area contributed by atoms with E-state index >= 15 is 0 Å². The number of carbonyl (C=O) groups is 4. The quantitative estimate of drug-likeness (QED) is 0.223. The molecule has 36 heavy (non-hydrogen) atoms. The summed E-state index contributed by atoms with van der Waals surface area (Å²) < 4.78 is 0. The molecule has 0 aliphatic heterocycles. The SMILES string of the molecule is C/C=C/C=C/C(=O)O.C/C=C/C=C/C(=O)[O-].O=C(O)c1ccccc1.O=C([O-])c1ccccc1.[K+].[Na+]. The van der Waals surface area contributed by atoms with Crippen molar-refractivity contribution in [2.45, 2.75) is 13.8 Å². The van der Waals surface area contributed by atoms with Crippen LogP contribution < -0.4 is 91.2 Å². The summed E-state index contributed by atoms with van der Waals surface area (Å²) in [6.45, 7) is 3.63. The van der Waals surface area contributed by atoms with Gasteiger partial charge in [0.2, 0.25) is 0 Å². The number of carboxylic acid groups (broad SMARTS) is 4. The van der Waals surface area contributed by atoms with Crippen LogP contribution in [0.1, 0.15) is 34.6 Å². The van der Waals surface area contributed by atoms with Gasteiger partial charge in [-0.1, -0.05) is 85.0 Å². The largest absolute Gasteiger partial charge is 1.00 e. The average Bonchev–Trinajstić information content (AvgIpc) is 2.81. The smallest absolute Gasteiger partial charge is 0.545 e. The van der Waals surface area contributed by atoms with Crippen LogP contribution in [-0.4, -0.2) is 34.1 Å². The molecule has 0 spiro atoms. The second-order valence-corrected chi connectivity index (χ2v) is 5.75. The van der Waals surface area contributed by atoms with E-state index < -0.39 is 23.9 Å². The Kier molecular flexibility index (Phi) is 33.2. The van der Waals surface area contributed by atoms with Gasteiger partial charge in [-0.25, -0.2) is 9.59 Å². The summed E-state index contributed by atoms with van der Waals surface area (Å²) in [5.41, 5.74) is 0.551. The zero-order chi connectivity index (χ0) is 26.2. The van der Waals surface area contributed by atoms with Crippen molar-refractivity contribution < 1.29 is 121 Å². The second-order valence-electron chi connectivity index (χ2n) is 5.75. The molecule has 0 unspecified atom stereocenters. The van der Waals surface area contributed by atoms with Gasteiger partial charge in [0, 0.05) is 6.08 Å². The van der Waals surface area contributed by atoms with Gasteiger partial charge in [0.1, 0.15) is 0 Å². The molecule has 0 radical (unpaired) electrons. The number of allylic oxidation sites excluding steroid dienone is 6. The number of carboxylic acids is 4. The van der Waals surface area contributed by atoms with Crippen molar-refractivity contribution in [3.63, 3.8) is 0 Å². The van der Waals surface area contributed by atoms with Gasteiger partial charge in [-0.2, -0.15) is 0 Å². The van der Waals surface area contributed by atoms with E-state index in [0.29, 0.717) is 5.56 Å². The van der Waals surface area contributed by atoms with Crippen LogP contribution >= 0.6 is 0 Å². The maximum absolute atomic E-state index is 10.2. The Hall–Kier alpha value is -2.08. The number of benzene rings is 2. The van der Waals surface area contributed by atoms with Crippen LogP contribution in [-0.2, 0) is 9.59 Å². The summed E-state index contributed by atoms with van der Waals surface area (Å²) in [6.07, 6.45) is 11.7. The van der Waals surface area contributed by atoms with E-state index in [2.05, 4.69) is 0 Å². The van der Waals surface area contributed by atoms with Gasteiger partial charge >= 0.3 is 92.9 Å². The number of rotatable bonds is 6. The maximum atomic E-state index is 10.2. The van der Waals surface area contributed by atoms with Crippen LogP contribution in [0.15, 0.2) is 109 Å². The fraction of sp³-hybridized carbons (Fsp3) is 0.0769. The van der Waals surface area contributed by atoms with E-state index in [1.54, 1.807) is 79.8 Å². The average molecular weight is 529 g/mol. The van der Waals surface area contributed by atoms with Crippen molar-refractivity contribution in [1.29, 1.82) is 0 Å². The fourth-order valence-corrected chi connectivity index (χ4v) is 1.65. The van der Waals surface area contributed by atoms with E-state index in [9.17, 15) is 29.4 Å². The summed E-state index contributed by atoms with van der Waals surface area (Å²) in [5, 5.41) is 36.1. The van der Waals surface area contributed by atoms with E-state index in [-0.39, 0.29) is 86.5 Å². The van der Waals surface area contributed by atoms with Gasteiger partial charge < -0.3 is 30.0 Å². The molecule has 180 valence electrons. The van der Waals surface area contributed by atoms with Gasteiger partial charge in [0.15, 0.2) is 0 Å². The summed E-state index contributed by atoms with van der Waals surface area (Å²) >= 11 is 0.